The van der Waals surface area contributed by atoms with E-state index in [0.29, 0.717) is 0 Å². The molecule has 2 aliphatic rings. The molecular formula is C16H25F3N2O5. The highest BCUT2D eigenvalue weighted by molar-refractivity contribution is 5.95. The van der Waals surface area contributed by atoms with E-state index in [1.165, 1.54) is 20.8 Å². The summed E-state index contributed by atoms with van der Waals surface area (Å²) in [6.45, 7) is 9.83. The molecule has 2 aliphatic heterocycles. The summed E-state index contributed by atoms with van der Waals surface area (Å²) in [6, 6.07) is 0. The average molecular weight is 382 g/mol. The number of halogens is 3. The molecule has 7 nitrogen and oxygen atoms in total. The molecule has 0 spiro atoms. The zero-order valence-corrected chi connectivity index (χ0v) is 15.6. The fraction of sp³-hybridized carbons (Fsp3) is 0.875. The molecule has 0 aliphatic carbocycles. The number of nitrogens with one attached hydrogen (secondary N) is 1. The van der Waals surface area contributed by atoms with Gasteiger partial charge in [0.1, 0.15) is 17.9 Å². The second-order valence-corrected chi connectivity index (χ2v) is 8.05. The van der Waals surface area contributed by atoms with Crippen LogP contribution in [0, 0.1) is 5.92 Å². The van der Waals surface area contributed by atoms with Crippen LogP contribution in [0.2, 0.25) is 0 Å². The molecule has 2 amide bonds. The lowest BCUT2D eigenvalue weighted by Gasteiger charge is -2.41. The largest absolute Gasteiger partial charge is 0.472 e. The van der Waals surface area contributed by atoms with Crippen LogP contribution < -0.4 is 5.32 Å². The maximum Gasteiger partial charge on any atom is 0.472 e. The monoisotopic (exact) mass is 382 g/mol. The predicted octanol–water partition coefficient (Wildman–Crippen LogP) is 2.40. The summed E-state index contributed by atoms with van der Waals surface area (Å²) < 4.78 is 55.9. The van der Waals surface area contributed by atoms with Gasteiger partial charge in [-0.3, -0.25) is 10.1 Å². The van der Waals surface area contributed by atoms with E-state index in [1.54, 1.807) is 13.8 Å². The minimum absolute atomic E-state index is 0.0551. The third-order valence-electron chi connectivity index (χ3n) is 4.01. The van der Waals surface area contributed by atoms with Gasteiger partial charge in [-0.15, -0.1) is 0 Å². The van der Waals surface area contributed by atoms with Crippen molar-refractivity contribution in [3.8, 4) is 0 Å². The highest BCUT2D eigenvalue weighted by Crippen LogP contribution is 2.37. The first-order chi connectivity index (χ1) is 11.6. The maximum atomic E-state index is 13.1. The van der Waals surface area contributed by atoms with Gasteiger partial charge in [0.2, 0.25) is 0 Å². The van der Waals surface area contributed by atoms with E-state index >= 15 is 0 Å². The van der Waals surface area contributed by atoms with E-state index in [1.807, 2.05) is 6.92 Å². The number of fused-ring (bicyclic) bond motifs is 1. The molecule has 4 atom stereocenters. The van der Waals surface area contributed by atoms with Gasteiger partial charge in [0, 0.05) is 6.54 Å². The third kappa shape index (κ3) is 4.47. The number of ether oxygens (including phenoxy) is 3. The molecule has 10 heteroatoms. The van der Waals surface area contributed by atoms with Crippen molar-refractivity contribution in [3.63, 3.8) is 0 Å². The summed E-state index contributed by atoms with van der Waals surface area (Å²) in [6.07, 6.45) is -9.51. The minimum atomic E-state index is -5.24. The van der Waals surface area contributed by atoms with Crippen LogP contribution in [0.4, 0.5) is 18.0 Å². The van der Waals surface area contributed by atoms with Gasteiger partial charge >= 0.3 is 18.2 Å². The average Bonchev–Trinajstić information content (AvgIpc) is 2.75. The van der Waals surface area contributed by atoms with E-state index in [2.05, 4.69) is 5.32 Å². The van der Waals surface area contributed by atoms with E-state index in [9.17, 15) is 22.8 Å². The molecule has 0 radical (unpaired) electrons. The van der Waals surface area contributed by atoms with Crippen LogP contribution in [-0.2, 0) is 19.0 Å². The Morgan fingerprint density at radius 1 is 1.15 bits per heavy atom. The highest BCUT2D eigenvalue weighted by Gasteiger charge is 2.57. The number of nitrogens with zero attached hydrogens (tertiary/aromatic N) is 1. The van der Waals surface area contributed by atoms with Crippen LogP contribution >= 0.6 is 0 Å². The van der Waals surface area contributed by atoms with Crippen molar-refractivity contribution in [2.45, 2.75) is 77.5 Å². The number of alkyl halides is 3. The van der Waals surface area contributed by atoms with Crippen LogP contribution in [-0.4, -0.2) is 59.4 Å². The zero-order valence-electron chi connectivity index (χ0n) is 15.6. The lowest BCUT2D eigenvalue weighted by molar-refractivity contribution is -0.192. The fourth-order valence-corrected chi connectivity index (χ4v) is 3.05. The van der Waals surface area contributed by atoms with Gasteiger partial charge < -0.3 is 14.2 Å². The normalized spacial score (nSPS) is 31.3. The number of amides is 2. The molecule has 0 unspecified atom stereocenters. The van der Waals surface area contributed by atoms with Crippen molar-refractivity contribution < 1.29 is 37.0 Å². The molecule has 0 aromatic rings. The van der Waals surface area contributed by atoms with E-state index in [0.717, 1.165) is 0 Å². The quantitative estimate of drug-likeness (QED) is 0.751. The number of hydrogen-bond donors (Lipinski definition) is 1. The molecule has 0 aromatic heterocycles. The number of imide groups is 1. The summed E-state index contributed by atoms with van der Waals surface area (Å²) in [5, 5.41) is 2.80. The smallest absolute Gasteiger partial charge is 0.443 e. The Morgan fingerprint density at radius 2 is 1.69 bits per heavy atom. The van der Waals surface area contributed by atoms with Gasteiger partial charge in [0.15, 0.2) is 5.79 Å². The van der Waals surface area contributed by atoms with Crippen molar-refractivity contribution in [3.05, 3.63) is 0 Å². The highest BCUT2D eigenvalue weighted by atomic mass is 19.4. The third-order valence-corrected chi connectivity index (χ3v) is 4.01. The Kier molecular flexibility index (Phi) is 5.35. The second-order valence-electron chi connectivity index (χ2n) is 8.05. The Hall–Kier alpha value is -1.39. The van der Waals surface area contributed by atoms with Crippen molar-refractivity contribution in [2.24, 2.45) is 5.92 Å². The Morgan fingerprint density at radius 3 is 2.19 bits per heavy atom. The standard InChI is InChI=1S/C16H25F3N2O5/c1-8-7-20-11(10-9(8)24-15(5,6)25-10)21(12(22)16(17,18)19)13(23)26-14(2,3)4/h8-11,20H,7H2,1-6H3/t8-,9-,10-,11+/m1/s1. The molecule has 2 heterocycles. The molecule has 2 saturated heterocycles. The van der Waals surface area contributed by atoms with Crippen LogP contribution in [0.5, 0.6) is 0 Å². The molecule has 2 rings (SSSR count). The van der Waals surface area contributed by atoms with Gasteiger partial charge in [0.25, 0.3) is 0 Å². The lowest BCUT2D eigenvalue weighted by atomic mass is 9.93. The topological polar surface area (TPSA) is 77.1 Å². The fourth-order valence-electron chi connectivity index (χ4n) is 3.05. The predicted molar refractivity (Wildman–Crippen MR) is 83.9 cm³/mol. The van der Waals surface area contributed by atoms with E-state index in [-0.39, 0.29) is 17.4 Å². The number of carbonyl (C=O) groups is 2. The Bertz CT molecular complexity index is 573. The number of piperidine rings is 1. The first kappa shape index (κ1) is 20.9. The molecule has 26 heavy (non-hydrogen) atoms. The van der Waals surface area contributed by atoms with Crippen molar-refractivity contribution in [2.75, 3.05) is 6.54 Å². The molecular weight excluding hydrogens is 357 g/mol. The summed E-state index contributed by atoms with van der Waals surface area (Å²) in [5.74, 6) is -3.44. The number of carbonyl (C=O) groups excluding carboxylic acids is 2. The number of rotatable bonds is 1. The maximum absolute atomic E-state index is 13.1. The van der Waals surface area contributed by atoms with E-state index < -0.39 is 47.9 Å². The molecule has 1 N–H and O–H groups in total. The first-order valence-corrected chi connectivity index (χ1v) is 8.35. The molecule has 0 aromatic carbocycles. The van der Waals surface area contributed by atoms with Crippen molar-refractivity contribution in [1.82, 2.24) is 10.2 Å². The second kappa shape index (κ2) is 6.65. The number of hydrogen-bond acceptors (Lipinski definition) is 6. The van der Waals surface area contributed by atoms with Crippen molar-refractivity contribution >= 4 is 12.0 Å². The van der Waals surface area contributed by atoms with Gasteiger partial charge in [-0.05, 0) is 40.5 Å². The Balaban J connectivity index is 2.38. The SMILES string of the molecule is C[C@@H]1CN[C@@H](N(C(=O)OC(C)(C)C)C(=O)C(F)(F)F)[C@@H]2OC(C)(C)O[C@@H]21. The molecule has 2 fully saturated rings. The van der Waals surface area contributed by atoms with Gasteiger partial charge in [-0.25, -0.2) is 9.69 Å². The lowest BCUT2D eigenvalue weighted by Crippen LogP contribution is -2.66. The summed E-state index contributed by atoms with van der Waals surface area (Å²) in [5.41, 5.74) is -1.07. The van der Waals surface area contributed by atoms with Crippen LogP contribution in [0.15, 0.2) is 0 Å². The van der Waals surface area contributed by atoms with Crippen molar-refractivity contribution in [1.29, 1.82) is 0 Å². The van der Waals surface area contributed by atoms with Crippen LogP contribution in [0.25, 0.3) is 0 Å². The first-order valence-electron chi connectivity index (χ1n) is 8.35. The van der Waals surface area contributed by atoms with E-state index in [4.69, 9.17) is 14.2 Å². The van der Waals surface area contributed by atoms with Crippen LogP contribution in [0.1, 0.15) is 41.5 Å². The van der Waals surface area contributed by atoms with Gasteiger partial charge in [-0.1, -0.05) is 6.92 Å². The molecule has 0 saturated carbocycles. The van der Waals surface area contributed by atoms with Crippen LogP contribution in [0.3, 0.4) is 0 Å². The minimum Gasteiger partial charge on any atom is -0.443 e. The molecule has 0 bridgehead atoms. The summed E-state index contributed by atoms with van der Waals surface area (Å²) in [7, 11) is 0. The zero-order chi connectivity index (χ0) is 20.1. The molecule has 150 valence electrons. The van der Waals surface area contributed by atoms with Gasteiger partial charge in [0.05, 0.1) is 6.10 Å². The Labute approximate surface area is 150 Å². The summed E-state index contributed by atoms with van der Waals surface area (Å²) >= 11 is 0. The summed E-state index contributed by atoms with van der Waals surface area (Å²) in [4.78, 5) is 24.5. The van der Waals surface area contributed by atoms with Gasteiger partial charge in [-0.2, -0.15) is 13.2 Å².